The molecular formula is C32H45N5O. The zero-order valence-corrected chi connectivity index (χ0v) is 23.5. The molecule has 6 nitrogen and oxygen atoms in total. The third kappa shape index (κ3) is 7.92. The lowest BCUT2D eigenvalue weighted by atomic mass is 9.86. The van der Waals surface area contributed by atoms with E-state index in [0.717, 1.165) is 60.9 Å². The molecule has 1 aliphatic carbocycles. The number of carbonyl (C=O) groups is 1. The minimum Gasteiger partial charge on any atom is -0.362 e. The number of nitrogens with zero attached hydrogens (tertiary/aromatic N) is 3. The van der Waals surface area contributed by atoms with Crippen molar-refractivity contribution in [1.82, 2.24) is 15.3 Å². The van der Waals surface area contributed by atoms with Crippen LogP contribution in [-0.2, 0) is 6.42 Å². The van der Waals surface area contributed by atoms with E-state index < -0.39 is 0 Å². The first-order valence-corrected chi connectivity index (χ1v) is 14.6. The van der Waals surface area contributed by atoms with Crippen LogP contribution in [0, 0.1) is 5.92 Å². The maximum absolute atomic E-state index is 12.7. The molecule has 0 unspecified atom stereocenters. The monoisotopic (exact) mass is 515 g/mol. The minimum absolute atomic E-state index is 0.0390. The molecule has 1 heterocycles. The number of para-hydroxylation sites is 1. The Morgan fingerprint density at radius 2 is 1.61 bits per heavy atom. The molecule has 1 saturated carbocycles. The molecule has 0 spiro atoms. The van der Waals surface area contributed by atoms with Gasteiger partial charge in [-0.25, -0.2) is 4.98 Å². The molecule has 2 N–H and O–H groups in total. The summed E-state index contributed by atoms with van der Waals surface area (Å²) in [4.78, 5) is 24.3. The van der Waals surface area contributed by atoms with Crippen molar-refractivity contribution >= 4 is 28.6 Å². The highest BCUT2D eigenvalue weighted by Gasteiger charge is 2.23. The van der Waals surface area contributed by atoms with E-state index in [4.69, 9.17) is 9.97 Å². The second-order valence-corrected chi connectivity index (χ2v) is 11.1. The first kappa shape index (κ1) is 27.9. The van der Waals surface area contributed by atoms with Gasteiger partial charge in [0, 0.05) is 37.6 Å². The molecule has 6 heteroatoms. The largest absolute Gasteiger partial charge is 0.362 e. The standard InChI is InChI=1S/C32H45N5O/c1-4-5-6-7-8-9-12-24-15-19-26(20-16-24)31(38)33-23-25-17-21-27(22-18-25)34-32-35-29-14-11-10-13-28(29)30(36-32)37(2)3/h10-11,13-16,19-20,25,27H,4-9,12,17-18,21-23H2,1-3H3,(H,33,38)(H,34,35,36)/t25-,27+. The molecule has 1 aliphatic rings. The maximum Gasteiger partial charge on any atom is 0.251 e. The summed E-state index contributed by atoms with van der Waals surface area (Å²) >= 11 is 0. The Bertz CT molecular complexity index is 1150. The fourth-order valence-corrected chi connectivity index (χ4v) is 5.43. The molecule has 1 amide bonds. The van der Waals surface area contributed by atoms with Gasteiger partial charge in [-0.1, -0.05) is 63.3 Å². The van der Waals surface area contributed by atoms with Crippen LogP contribution in [0.5, 0.6) is 0 Å². The first-order valence-electron chi connectivity index (χ1n) is 14.6. The highest BCUT2D eigenvalue weighted by Crippen LogP contribution is 2.28. The van der Waals surface area contributed by atoms with Gasteiger partial charge >= 0.3 is 0 Å². The van der Waals surface area contributed by atoms with Crippen LogP contribution in [0.15, 0.2) is 48.5 Å². The van der Waals surface area contributed by atoms with Crippen molar-refractivity contribution in [3.63, 3.8) is 0 Å². The number of aryl methyl sites for hydroxylation is 1. The van der Waals surface area contributed by atoms with Crippen molar-refractivity contribution < 1.29 is 4.79 Å². The van der Waals surface area contributed by atoms with Crippen LogP contribution in [0.3, 0.4) is 0 Å². The number of carbonyl (C=O) groups excluding carboxylic acids is 1. The molecule has 0 saturated heterocycles. The Balaban J connectivity index is 1.19. The van der Waals surface area contributed by atoms with Crippen LogP contribution in [0.25, 0.3) is 10.9 Å². The van der Waals surface area contributed by atoms with Crippen LogP contribution < -0.4 is 15.5 Å². The highest BCUT2D eigenvalue weighted by atomic mass is 16.1. The zero-order chi connectivity index (χ0) is 26.7. The van der Waals surface area contributed by atoms with Crippen LogP contribution >= 0.6 is 0 Å². The molecule has 38 heavy (non-hydrogen) atoms. The van der Waals surface area contributed by atoms with Gasteiger partial charge in [0.1, 0.15) is 5.82 Å². The van der Waals surface area contributed by atoms with Crippen molar-refractivity contribution in [2.75, 3.05) is 30.9 Å². The van der Waals surface area contributed by atoms with Crippen molar-refractivity contribution in [1.29, 1.82) is 0 Å². The lowest BCUT2D eigenvalue weighted by molar-refractivity contribution is 0.0943. The van der Waals surface area contributed by atoms with Crippen LogP contribution in [0.1, 0.15) is 87.1 Å². The van der Waals surface area contributed by atoms with Gasteiger partial charge in [-0.2, -0.15) is 4.98 Å². The van der Waals surface area contributed by atoms with Gasteiger partial charge < -0.3 is 15.5 Å². The highest BCUT2D eigenvalue weighted by molar-refractivity contribution is 5.94. The van der Waals surface area contributed by atoms with Gasteiger partial charge in [-0.05, 0) is 74.3 Å². The quantitative estimate of drug-likeness (QED) is 0.240. The van der Waals surface area contributed by atoms with Crippen LogP contribution in [-0.4, -0.2) is 42.6 Å². The smallest absolute Gasteiger partial charge is 0.251 e. The second-order valence-electron chi connectivity index (χ2n) is 11.1. The van der Waals surface area contributed by atoms with E-state index in [1.807, 2.05) is 49.3 Å². The summed E-state index contributed by atoms with van der Waals surface area (Å²) < 4.78 is 0. The predicted molar refractivity (Wildman–Crippen MR) is 159 cm³/mol. The van der Waals surface area contributed by atoms with E-state index in [2.05, 4.69) is 35.8 Å². The van der Waals surface area contributed by atoms with Gasteiger partial charge in [0.2, 0.25) is 5.95 Å². The number of benzene rings is 2. The first-order chi connectivity index (χ1) is 18.5. The summed E-state index contributed by atoms with van der Waals surface area (Å²) in [6.07, 6.45) is 13.2. The Kier molecular flexibility index (Phi) is 10.4. The predicted octanol–water partition coefficient (Wildman–Crippen LogP) is 7.00. The summed E-state index contributed by atoms with van der Waals surface area (Å²) in [7, 11) is 4.03. The molecule has 4 rings (SSSR count). The summed E-state index contributed by atoms with van der Waals surface area (Å²) in [5.41, 5.74) is 3.05. The molecule has 0 radical (unpaired) electrons. The molecule has 2 aromatic carbocycles. The minimum atomic E-state index is 0.0390. The summed E-state index contributed by atoms with van der Waals surface area (Å²) in [6.45, 7) is 2.99. The number of unbranched alkanes of at least 4 members (excludes halogenated alkanes) is 5. The number of nitrogens with one attached hydrogen (secondary N) is 2. The lowest BCUT2D eigenvalue weighted by Crippen LogP contribution is -2.34. The molecule has 0 atom stereocenters. The molecule has 0 bridgehead atoms. The van der Waals surface area contributed by atoms with E-state index in [1.54, 1.807) is 0 Å². The molecule has 3 aromatic rings. The van der Waals surface area contributed by atoms with Crippen LogP contribution in [0.4, 0.5) is 11.8 Å². The fourth-order valence-electron chi connectivity index (χ4n) is 5.43. The van der Waals surface area contributed by atoms with Crippen molar-refractivity contribution in [2.45, 2.75) is 83.6 Å². The van der Waals surface area contributed by atoms with Gasteiger partial charge in [0.15, 0.2) is 0 Å². The number of fused-ring (bicyclic) bond motifs is 1. The SMILES string of the molecule is CCCCCCCCc1ccc(C(=O)NC[C@H]2CC[C@@H](Nc3nc(N(C)C)c4ccccc4n3)CC2)cc1. The summed E-state index contributed by atoms with van der Waals surface area (Å²) in [6, 6.07) is 16.7. The summed E-state index contributed by atoms with van der Waals surface area (Å²) in [5, 5.41) is 7.82. The topological polar surface area (TPSA) is 70.2 Å². The van der Waals surface area contributed by atoms with Crippen molar-refractivity contribution in [3.05, 3.63) is 59.7 Å². The number of hydrogen-bond acceptors (Lipinski definition) is 5. The Labute approximate surface area is 228 Å². The van der Waals surface area contributed by atoms with E-state index in [0.29, 0.717) is 17.9 Å². The van der Waals surface area contributed by atoms with E-state index in [9.17, 15) is 4.79 Å². The Morgan fingerprint density at radius 1 is 0.895 bits per heavy atom. The number of hydrogen-bond donors (Lipinski definition) is 2. The average Bonchev–Trinajstić information content (AvgIpc) is 2.94. The van der Waals surface area contributed by atoms with Crippen molar-refractivity contribution in [3.8, 4) is 0 Å². The normalized spacial score (nSPS) is 17.3. The number of aromatic nitrogens is 2. The Hall–Kier alpha value is -3.15. The Morgan fingerprint density at radius 3 is 2.34 bits per heavy atom. The number of anilines is 2. The number of rotatable bonds is 13. The van der Waals surface area contributed by atoms with Crippen LogP contribution in [0.2, 0.25) is 0 Å². The van der Waals surface area contributed by atoms with E-state index >= 15 is 0 Å². The van der Waals surface area contributed by atoms with Gasteiger partial charge in [0.05, 0.1) is 5.52 Å². The van der Waals surface area contributed by atoms with Gasteiger partial charge in [0.25, 0.3) is 5.91 Å². The molecule has 204 valence electrons. The second kappa shape index (κ2) is 14.1. The fraction of sp³-hybridized carbons (Fsp3) is 0.531. The zero-order valence-electron chi connectivity index (χ0n) is 23.5. The van der Waals surface area contributed by atoms with E-state index in [1.165, 1.54) is 44.1 Å². The third-order valence-electron chi connectivity index (χ3n) is 7.77. The van der Waals surface area contributed by atoms with Crippen molar-refractivity contribution in [2.24, 2.45) is 5.92 Å². The molecule has 0 aliphatic heterocycles. The maximum atomic E-state index is 12.7. The lowest BCUT2D eigenvalue weighted by Gasteiger charge is -2.29. The molecule has 1 aromatic heterocycles. The third-order valence-corrected chi connectivity index (χ3v) is 7.77. The van der Waals surface area contributed by atoms with E-state index in [-0.39, 0.29) is 5.91 Å². The molecular weight excluding hydrogens is 470 g/mol. The van der Waals surface area contributed by atoms with Gasteiger partial charge in [-0.3, -0.25) is 4.79 Å². The van der Waals surface area contributed by atoms with Gasteiger partial charge in [-0.15, -0.1) is 0 Å². The summed E-state index contributed by atoms with van der Waals surface area (Å²) in [5.74, 6) is 2.19. The molecule has 1 fully saturated rings. The average molecular weight is 516 g/mol. The number of amides is 1.